The Labute approximate surface area is 130 Å². The van der Waals surface area contributed by atoms with Crippen molar-refractivity contribution in [3.63, 3.8) is 0 Å². The van der Waals surface area contributed by atoms with E-state index in [1.807, 2.05) is 57.2 Å². The van der Waals surface area contributed by atoms with Gasteiger partial charge in [-0.05, 0) is 56.7 Å². The Morgan fingerprint density at radius 1 is 1.32 bits per heavy atom. The van der Waals surface area contributed by atoms with Gasteiger partial charge in [-0.1, -0.05) is 6.07 Å². The van der Waals surface area contributed by atoms with Crippen molar-refractivity contribution >= 4 is 11.7 Å². The Bertz CT molecular complexity index is 629. The molecule has 0 saturated heterocycles. The topological polar surface area (TPSA) is 63.2 Å². The summed E-state index contributed by atoms with van der Waals surface area (Å²) in [5, 5.41) is 5.71. The first-order chi connectivity index (χ1) is 10.6. The first kappa shape index (κ1) is 15.8. The molecule has 0 saturated carbocycles. The standard InChI is InChI=1S/C17H21N3O2/c1-4-22-14-8-9-15(12(2)11-14)20-17(21)19-13(3)16-7-5-6-10-18-16/h5-11,13H,4H2,1-3H3,(H2,19,20,21). The number of carbonyl (C=O) groups is 1. The van der Waals surface area contributed by atoms with Gasteiger partial charge in [-0.25, -0.2) is 4.79 Å². The third-order valence-electron chi connectivity index (χ3n) is 3.24. The molecule has 2 amide bonds. The molecule has 0 spiro atoms. The van der Waals surface area contributed by atoms with E-state index in [0.717, 1.165) is 22.7 Å². The van der Waals surface area contributed by atoms with Gasteiger partial charge in [0.2, 0.25) is 0 Å². The second kappa shape index (κ2) is 7.45. The molecule has 0 aliphatic rings. The lowest BCUT2D eigenvalue weighted by Crippen LogP contribution is -2.31. The van der Waals surface area contributed by atoms with E-state index < -0.39 is 0 Å². The van der Waals surface area contributed by atoms with Crippen LogP contribution in [0.5, 0.6) is 5.75 Å². The van der Waals surface area contributed by atoms with Crippen LogP contribution in [0.3, 0.4) is 0 Å². The molecule has 2 rings (SSSR count). The molecule has 0 bridgehead atoms. The van der Waals surface area contributed by atoms with Crippen molar-refractivity contribution in [3.05, 3.63) is 53.9 Å². The predicted molar refractivity (Wildman–Crippen MR) is 87.2 cm³/mol. The molecular formula is C17H21N3O2. The second-order valence-electron chi connectivity index (χ2n) is 4.98. The molecule has 0 aliphatic heterocycles. The minimum absolute atomic E-state index is 0.163. The van der Waals surface area contributed by atoms with Gasteiger partial charge in [-0.2, -0.15) is 0 Å². The minimum atomic E-state index is -0.259. The SMILES string of the molecule is CCOc1ccc(NC(=O)NC(C)c2ccccn2)c(C)c1. The lowest BCUT2D eigenvalue weighted by atomic mass is 10.2. The number of nitrogens with zero attached hydrogens (tertiary/aromatic N) is 1. The van der Waals surface area contributed by atoms with Crippen LogP contribution < -0.4 is 15.4 Å². The maximum absolute atomic E-state index is 12.1. The van der Waals surface area contributed by atoms with Crippen LogP contribution in [-0.2, 0) is 0 Å². The Morgan fingerprint density at radius 3 is 2.77 bits per heavy atom. The fourth-order valence-corrected chi connectivity index (χ4v) is 2.09. The summed E-state index contributed by atoms with van der Waals surface area (Å²) >= 11 is 0. The smallest absolute Gasteiger partial charge is 0.319 e. The van der Waals surface area contributed by atoms with Crippen molar-refractivity contribution in [1.82, 2.24) is 10.3 Å². The molecule has 116 valence electrons. The summed E-state index contributed by atoms with van der Waals surface area (Å²) in [5.41, 5.74) is 2.53. The lowest BCUT2D eigenvalue weighted by Gasteiger charge is -2.15. The average Bonchev–Trinajstić information content (AvgIpc) is 2.51. The van der Waals surface area contributed by atoms with Crippen molar-refractivity contribution < 1.29 is 9.53 Å². The highest BCUT2D eigenvalue weighted by Crippen LogP contribution is 2.21. The number of carbonyl (C=O) groups excluding carboxylic acids is 1. The maximum atomic E-state index is 12.1. The molecule has 1 unspecified atom stereocenters. The van der Waals surface area contributed by atoms with Crippen molar-refractivity contribution in [2.45, 2.75) is 26.8 Å². The Morgan fingerprint density at radius 2 is 2.14 bits per heavy atom. The van der Waals surface area contributed by atoms with E-state index in [2.05, 4.69) is 15.6 Å². The third kappa shape index (κ3) is 4.22. The normalized spacial score (nSPS) is 11.6. The maximum Gasteiger partial charge on any atom is 0.319 e. The number of hydrogen-bond donors (Lipinski definition) is 2. The number of aryl methyl sites for hydroxylation is 1. The summed E-state index contributed by atoms with van der Waals surface area (Å²) in [5.74, 6) is 0.799. The fourth-order valence-electron chi connectivity index (χ4n) is 2.09. The van der Waals surface area contributed by atoms with Gasteiger partial charge in [0.1, 0.15) is 5.75 Å². The van der Waals surface area contributed by atoms with Gasteiger partial charge >= 0.3 is 6.03 Å². The fraction of sp³-hybridized carbons (Fsp3) is 0.294. The summed E-state index contributed by atoms with van der Waals surface area (Å²) in [6, 6.07) is 10.8. The number of hydrogen-bond acceptors (Lipinski definition) is 3. The van der Waals surface area contributed by atoms with Gasteiger partial charge in [0.25, 0.3) is 0 Å². The number of benzene rings is 1. The van der Waals surface area contributed by atoms with Gasteiger partial charge in [0, 0.05) is 11.9 Å². The molecule has 2 aromatic rings. The van der Waals surface area contributed by atoms with Crippen LogP contribution in [0.1, 0.15) is 31.1 Å². The quantitative estimate of drug-likeness (QED) is 0.885. The molecule has 5 nitrogen and oxygen atoms in total. The Hall–Kier alpha value is -2.56. The van der Waals surface area contributed by atoms with Gasteiger partial charge in [-0.15, -0.1) is 0 Å². The van der Waals surface area contributed by atoms with Crippen LogP contribution >= 0.6 is 0 Å². The van der Waals surface area contributed by atoms with Gasteiger partial charge < -0.3 is 15.4 Å². The van der Waals surface area contributed by atoms with E-state index in [1.54, 1.807) is 6.20 Å². The lowest BCUT2D eigenvalue weighted by molar-refractivity contribution is 0.249. The van der Waals surface area contributed by atoms with Crippen LogP contribution in [0, 0.1) is 6.92 Å². The van der Waals surface area contributed by atoms with E-state index in [0.29, 0.717) is 6.61 Å². The first-order valence-corrected chi connectivity index (χ1v) is 7.32. The molecule has 2 N–H and O–H groups in total. The largest absolute Gasteiger partial charge is 0.494 e. The van der Waals surface area contributed by atoms with Crippen molar-refractivity contribution in [3.8, 4) is 5.75 Å². The molecule has 1 heterocycles. The number of rotatable bonds is 5. The zero-order valence-corrected chi connectivity index (χ0v) is 13.1. The zero-order chi connectivity index (χ0) is 15.9. The number of ether oxygens (including phenoxy) is 1. The molecule has 1 aromatic heterocycles. The van der Waals surface area contributed by atoms with Gasteiger partial charge in [0.15, 0.2) is 0 Å². The second-order valence-corrected chi connectivity index (χ2v) is 4.98. The molecule has 1 aromatic carbocycles. The number of nitrogens with one attached hydrogen (secondary N) is 2. The molecule has 0 fully saturated rings. The number of aromatic nitrogens is 1. The van der Waals surface area contributed by atoms with Crippen molar-refractivity contribution in [1.29, 1.82) is 0 Å². The first-order valence-electron chi connectivity index (χ1n) is 7.32. The van der Waals surface area contributed by atoms with Crippen LogP contribution in [0.4, 0.5) is 10.5 Å². The van der Waals surface area contributed by atoms with Gasteiger partial charge in [0.05, 0.1) is 18.3 Å². The average molecular weight is 299 g/mol. The minimum Gasteiger partial charge on any atom is -0.494 e. The van der Waals surface area contributed by atoms with Crippen LogP contribution in [0.25, 0.3) is 0 Å². The zero-order valence-electron chi connectivity index (χ0n) is 13.1. The van der Waals surface area contributed by atoms with Crippen LogP contribution in [-0.4, -0.2) is 17.6 Å². The highest BCUT2D eigenvalue weighted by molar-refractivity contribution is 5.90. The Balaban J connectivity index is 1.97. The molecule has 0 radical (unpaired) electrons. The summed E-state index contributed by atoms with van der Waals surface area (Å²) in [7, 11) is 0. The highest BCUT2D eigenvalue weighted by atomic mass is 16.5. The highest BCUT2D eigenvalue weighted by Gasteiger charge is 2.11. The van der Waals surface area contributed by atoms with E-state index in [4.69, 9.17) is 4.74 Å². The van der Waals surface area contributed by atoms with Crippen LogP contribution in [0.15, 0.2) is 42.6 Å². The van der Waals surface area contributed by atoms with Crippen molar-refractivity contribution in [2.75, 3.05) is 11.9 Å². The monoisotopic (exact) mass is 299 g/mol. The summed E-state index contributed by atoms with van der Waals surface area (Å²) in [6.07, 6.45) is 1.71. The number of anilines is 1. The number of urea groups is 1. The molecule has 5 heteroatoms. The summed E-state index contributed by atoms with van der Waals surface area (Å²) < 4.78 is 5.43. The summed E-state index contributed by atoms with van der Waals surface area (Å²) in [6.45, 7) is 6.38. The van der Waals surface area contributed by atoms with E-state index in [1.165, 1.54) is 0 Å². The van der Waals surface area contributed by atoms with Crippen LogP contribution in [0.2, 0.25) is 0 Å². The molecule has 0 aliphatic carbocycles. The summed E-state index contributed by atoms with van der Waals surface area (Å²) in [4.78, 5) is 16.3. The third-order valence-corrected chi connectivity index (χ3v) is 3.24. The molecule has 22 heavy (non-hydrogen) atoms. The Kier molecular flexibility index (Phi) is 5.36. The molecular weight excluding hydrogens is 278 g/mol. The molecule has 1 atom stereocenters. The van der Waals surface area contributed by atoms with E-state index in [-0.39, 0.29) is 12.1 Å². The predicted octanol–water partition coefficient (Wildman–Crippen LogP) is 3.67. The van der Waals surface area contributed by atoms with E-state index >= 15 is 0 Å². The number of pyridine rings is 1. The van der Waals surface area contributed by atoms with E-state index in [9.17, 15) is 4.79 Å². The van der Waals surface area contributed by atoms with Gasteiger partial charge in [-0.3, -0.25) is 4.98 Å². The van der Waals surface area contributed by atoms with Crippen molar-refractivity contribution in [2.24, 2.45) is 0 Å². The number of amides is 2.